The van der Waals surface area contributed by atoms with Crippen LogP contribution in [0.15, 0.2) is 24.5 Å². The molecule has 1 unspecified atom stereocenters. The van der Waals surface area contributed by atoms with Crippen molar-refractivity contribution < 1.29 is 13.2 Å². The van der Waals surface area contributed by atoms with E-state index in [2.05, 4.69) is 4.98 Å². The summed E-state index contributed by atoms with van der Waals surface area (Å²) in [6, 6.07) is 3.61. The van der Waals surface area contributed by atoms with Crippen molar-refractivity contribution in [1.29, 1.82) is 0 Å². The highest BCUT2D eigenvalue weighted by molar-refractivity contribution is 7.92. The summed E-state index contributed by atoms with van der Waals surface area (Å²) in [6.07, 6.45) is 4.35. The molecule has 1 atom stereocenters. The van der Waals surface area contributed by atoms with Crippen molar-refractivity contribution in [3.63, 3.8) is 0 Å². The molecule has 0 aliphatic rings. The Morgan fingerprint density at radius 1 is 1.53 bits per heavy atom. The fourth-order valence-electron chi connectivity index (χ4n) is 1.34. The zero-order valence-electron chi connectivity index (χ0n) is 10.1. The highest BCUT2D eigenvalue weighted by Gasteiger charge is 2.26. The van der Waals surface area contributed by atoms with E-state index in [1.807, 2.05) is 6.07 Å². The topological polar surface area (TPSA) is 67.3 Å². The lowest BCUT2D eigenvalue weighted by molar-refractivity contribution is -0.129. The van der Waals surface area contributed by atoms with Crippen molar-refractivity contribution in [2.24, 2.45) is 0 Å². The summed E-state index contributed by atoms with van der Waals surface area (Å²) in [6.45, 7) is 1.75. The van der Waals surface area contributed by atoms with Gasteiger partial charge >= 0.3 is 0 Å². The van der Waals surface area contributed by atoms with Gasteiger partial charge in [-0.1, -0.05) is 6.07 Å². The lowest BCUT2D eigenvalue weighted by Crippen LogP contribution is -2.38. The molecule has 1 amide bonds. The molecule has 0 radical (unpaired) electrons. The smallest absolute Gasteiger partial charge is 0.240 e. The minimum atomic E-state index is -3.35. The molecule has 0 spiro atoms. The van der Waals surface area contributed by atoms with Gasteiger partial charge in [0.1, 0.15) is 5.25 Å². The van der Waals surface area contributed by atoms with Crippen LogP contribution in [0.5, 0.6) is 0 Å². The molecule has 17 heavy (non-hydrogen) atoms. The summed E-state index contributed by atoms with van der Waals surface area (Å²) >= 11 is 0. The molecule has 1 heterocycles. The molecule has 0 N–H and O–H groups in total. The Balaban J connectivity index is 2.72. The second-order valence-electron chi connectivity index (χ2n) is 4.03. The van der Waals surface area contributed by atoms with Gasteiger partial charge in [0.25, 0.3) is 0 Å². The van der Waals surface area contributed by atoms with Gasteiger partial charge in [-0.3, -0.25) is 9.78 Å². The Labute approximate surface area is 101 Å². The summed E-state index contributed by atoms with van der Waals surface area (Å²) in [5.41, 5.74) is 0.865. The number of nitrogens with zero attached hydrogens (tertiary/aromatic N) is 2. The molecular weight excluding hydrogens is 240 g/mol. The zero-order chi connectivity index (χ0) is 13.1. The number of sulfone groups is 1. The van der Waals surface area contributed by atoms with Crippen molar-refractivity contribution in [2.45, 2.75) is 18.7 Å². The van der Waals surface area contributed by atoms with Crippen molar-refractivity contribution in [1.82, 2.24) is 9.88 Å². The number of rotatable bonds is 4. The number of carbonyl (C=O) groups excluding carboxylic acids is 1. The number of aromatic nitrogens is 1. The van der Waals surface area contributed by atoms with Gasteiger partial charge in [0.15, 0.2) is 9.84 Å². The molecule has 0 saturated heterocycles. The number of hydrogen-bond acceptors (Lipinski definition) is 4. The largest absolute Gasteiger partial charge is 0.340 e. The van der Waals surface area contributed by atoms with Crippen LogP contribution in [0.3, 0.4) is 0 Å². The van der Waals surface area contributed by atoms with Crippen LogP contribution in [-0.4, -0.2) is 42.8 Å². The summed E-state index contributed by atoms with van der Waals surface area (Å²) in [5.74, 6) is -0.406. The predicted octanol–water partition coefficient (Wildman–Crippen LogP) is 0.473. The van der Waals surface area contributed by atoms with Gasteiger partial charge in [0, 0.05) is 32.2 Å². The van der Waals surface area contributed by atoms with E-state index < -0.39 is 21.0 Å². The molecule has 1 aromatic heterocycles. The summed E-state index contributed by atoms with van der Waals surface area (Å²) in [7, 11) is -1.77. The average molecular weight is 256 g/mol. The number of pyridine rings is 1. The standard InChI is InChI=1S/C11H16N2O3S/c1-9(17(3,15)16)11(14)13(2)8-10-5-4-6-12-7-10/h4-7,9H,8H2,1-3H3. The fraction of sp³-hybridized carbons (Fsp3) is 0.455. The van der Waals surface area contributed by atoms with Crippen LogP contribution in [0.4, 0.5) is 0 Å². The Kier molecular flexibility index (Phi) is 4.22. The number of amides is 1. The monoisotopic (exact) mass is 256 g/mol. The van der Waals surface area contributed by atoms with Crippen LogP contribution in [0.1, 0.15) is 12.5 Å². The first-order valence-corrected chi connectivity index (χ1v) is 7.10. The molecule has 1 aromatic rings. The third-order valence-corrected chi connectivity index (χ3v) is 3.99. The lowest BCUT2D eigenvalue weighted by Gasteiger charge is -2.20. The number of carbonyl (C=O) groups is 1. The van der Waals surface area contributed by atoms with Crippen molar-refractivity contribution >= 4 is 15.7 Å². The molecule has 6 heteroatoms. The SMILES string of the molecule is CC(C(=O)N(C)Cc1cccnc1)S(C)(=O)=O. The second kappa shape index (κ2) is 5.27. The summed E-state index contributed by atoms with van der Waals surface area (Å²) in [4.78, 5) is 17.1. The fourth-order valence-corrected chi connectivity index (χ4v) is 1.88. The van der Waals surface area contributed by atoms with Gasteiger partial charge in [-0.2, -0.15) is 0 Å². The lowest BCUT2D eigenvalue weighted by atomic mass is 10.2. The van der Waals surface area contributed by atoms with Gasteiger partial charge in [-0.05, 0) is 18.6 Å². The zero-order valence-corrected chi connectivity index (χ0v) is 10.9. The van der Waals surface area contributed by atoms with E-state index in [9.17, 15) is 13.2 Å². The molecule has 0 aromatic carbocycles. The maximum absolute atomic E-state index is 11.8. The normalized spacial score (nSPS) is 13.1. The quantitative estimate of drug-likeness (QED) is 0.785. The third-order valence-electron chi connectivity index (χ3n) is 2.51. The maximum atomic E-state index is 11.8. The predicted molar refractivity (Wildman–Crippen MR) is 65.0 cm³/mol. The van der Waals surface area contributed by atoms with Gasteiger partial charge in [-0.25, -0.2) is 8.42 Å². The highest BCUT2D eigenvalue weighted by atomic mass is 32.2. The minimum absolute atomic E-state index is 0.354. The first kappa shape index (κ1) is 13.6. The molecule has 0 aliphatic carbocycles. The van der Waals surface area contributed by atoms with E-state index in [1.165, 1.54) is 11.8 Å². The molecule has 5 nitrogen and oxygen atoms in total. The van der Waals surface area contributed by atoms with Crippen molar-refractivity contribution in [3.05, 3.63) is 30.1 Å². The molecule has 0 bridgehead atoms. The Morgan fingerprint density at radius 3 is 2.65 bits per heavy atom. The van der Waals surface area contributed by atoms with Crippen LogP contribution >= 0.6 is 0 Å². The highest BCUT2D eigenvalue weighted by Crippen LogP contribution is 2.06. The second-order valence-corrected chi connectivity index (χ2v) is 6.39. The average Bonchev–Trinajstić information content (AvgIpc) is 2.27. The van der Waals surface area contributed by atoms with E-state index in [-0.39, 0.29) is 0 Å². The molecule has 0 saturated carbocycles. The molecule has 94 valence electrons. The Bertz CT molecular complexity index is 485. The summed E-state index contributed by atoms with van der Waals surface area (Å²) < 4.78 is 22.5. The molecule has 1 rings (SSSR count). The van der Waals surface area contributed by atoms with E-state index in [0.29, 0.717) is 6.54 Å². The van der Waals surface area contributed by atoms with Crippen molar-refractivity contribution in [3.8, 4) is 0 Å². The third kappa shape index (κ3) is 3.81. The first-order valence-electron chi connectivity index (χ1n) is 5.15. The first-order chi connectivity index (χ1) is 7.82. The Morgan fingerprint density at radius 2 is 2.18 bits per heavy atom. The van der Waals surface area contributed by atoms with Gasteiger partial charge in [0.2, 0.25) is 5.91 Å². The van der Waals surface area contributed by atoms with Crippen LogP contribution < -0.4 is 0 Å². The Hall–Kier alpha value is -1.43. The molecular formula is C11H16N2O3S. The van der Waals surface area contributed by atoms with Crippen LogP contribution in [0.25, 0.3) is 0 Å². The van der Waals surface area contributed by atoms with Crippen LogP contribution in [-0.2, 0) is 21.2 Å². The minimum Gasteiger partial charge on any atom is -0.340 e. The van der Waals surface area contributed by atoms with Crippen LogP contribution in [0.2, 0.25) is 0 Å². The number of hydrogen-bond donors (Lipinski definition) is 0. The molecule has 0 aliphatic heterocycles. The van der Waals surface area contributed by atoms with Gasteiger partial charge in [-0.15, -0.1) is 0 Å². The van der Waals surface area contributed by atoms with E-state index >= 15 is 0 Å². The van der Waals surface area contributed by atoms with E-state index in [0.717, 1.165) is 11.8 Å². The van der Waals surface area contributed by atoms with Crippen molar-refractivity contribution in [2.75, 3.05) is 13.3 Å². The van der Waals surface area contributed by atoms with E-state index in [1.54, 1.807) is 25.5 Å². The van der Waals surface area contributed by atoms with Gasteiger partial charge in [0.05, 0.1) is 0 Å². The van der Waals surface area contributed by atoms with E-state index in [4.69, 9.17) is 0 Å². The summed E-state index contributed by atoms with van der Waals surface area (Å²) in [5, 5.41) is -1.01. The maximum Gasteiger partial charge on any atom is 0.240 e. The molecule has 0 fully saturated rings. The van der Waals surface area contributed by atoms with Gasteiger partial charge < -0.3 is 4.90 Å². The van der Waals surface area contributed by atoms with Crippen LogP contribution in [0, 0.1) is 0 Å².